The van der Waals surface area contributed by atoms with Gasteiger partial charge in [-0.15, -0.1) is 0 Å². The van der Waals surface area contributed by atoms with Gasteiger partial charge < -0.3 is 14.3 Å². The van der Waals surface area contributed by atoms with E-state index in [1.165, 1.54) is 6.07 Å². The van der Waals surface area contributed by atoms with Crippen LogP contribution in [0, 0.1) is 5.82 Å². The number of ether oxygens (including phenoxy) is 1. The highest BCUT2D eigenvalue weighted by atomic mass is 19.1. The molecule has 1 aliphatic heterocycles. The molecule has 1 N–H and O–H groups in total. The molecule has 2 heterocycles. The molecule has 0 bridgehead atoms. The van der Waals surface area contributed by atoms with E-state index < -0.39 is 6.10 Å². The molecule has 1 aromatic carbocycles. The molecule has 0 aliphatic carbocycles. The fourth-order valence-corrected chi connectivity index (χ4v) is 3.15. The highest BCUT2D eigenvalue weighted by molar-refractivity contribution is 5.23. The van der Waals surface area contributed by atoms with E-state index in [0.29, 0.717) is 30.6 Å². The van der Waals surface area contributed by atoms with E-state index >= 15 is 0 Å². The van der Waals surface area contributed by atoms with Gasteiger partial charge in [-0.1, -0.05) is 12.1 Å². The van der Waals surface area contributed by atoms with Crippen molar-refractivity contribution in [2.75, 3.05) is 19.7 Å². The van der Waals surface area contributed by atoms with Crippen LogP contribution in [0.25, 0.3) is 0 Å². The van der Waals surface area contributed by atoms with E-state index in [9.17, 15) is 9.50 Å². The van der Waals surface area contributed by atoms with E-state index in [2.05, 4.69) is 4.90 Å². The van der Waals surface area contributed by atoms with E-state index in [0.717, 1.165) is 25.9 Å². The summed E-state index contributed by atoms with van der Waals surface area (Å²) in [6.07, 6.45) is 3.80. The zero-order chi connectivity index (χ0) is 16.1. The molecule has 2 atom stereocenters. The minimum atomic E-state index is -0.580. The van der Waals surface area contributed by atoms with Crippen LogP contribution < -0.4 is 4.74 Å². The fraction of sp³-hybridized carbons (Fsp3) is 0.444. The molecule has 0 spiro atoms. The first-order chi connectivity index (χ1) is 11.2. The van der Waals surface area contributed by atoms with Crippen LogP contribution in [0.2, 0.25) is 0 Å². The van der Waals surface area contributed by atoms with Crippen molar-refractivity contribution in [1.29, 1.82) is 0 Å². The van der Waals surface area contributed by atoms with E-state index in [4.69, 9.17) is 9.15 Å². The van der Waals surface area contributed by atoms with Crippen molar-refractivity contribution < 1.29 is 18.7 Å². The van der Waals surface area contributed by atoms with Crippen molar-refractivity contribution >= 4 is 0 Å². The number of nitrogens with zero attached hydrogens (tertiary/aromatic N) is 1. The number of para-hydroxylation sites is 1. The first-order valence-electron chi connectivity index (χ1n) is 8.07. The van der Waals surface area contributed by atoms with Crippen molar-refractivity contribution in [3.63, 3.8) is 0 Å². The summed E-state index contributed by atoms with van der Waals surface area (Å²) in [6.45, 7) is 2.15. The zero-order valence-electron chi connectivity index (χ0n) is 13.0. The molecule has 1 aromatic heterocycles. The maximum Gasteiger partial charge on any atom is 0.165 e. The van der Waals surface area contributed by atoms with Gasteiger partial charge in [0.2, 0.25) is 0 Å². The normalized spacial score (nSPS) is 19.8. The number of halogens is 1. The number of aliphatic hydroxyl groups is 1. The summed E-state index contributed by atoms with van der Waals surface area (Å²) in [5.74, 6) is 0.567. The molecule has 4 nitrogen and oxygen atoms in total. The largest absolute Gasteiger partial charge is 0.489 e. The molecule has 23 heavy (non-hydrogen) atoms. The number of likely N-dealkylation sites (tertiary alicyclic amines) is 1. The van der Waals surface area contributed by atoms with Gasteiger partial charge >= 0.3 is 0 Å². The van der Waals surface area contributed by atoms with Crippen LogP contribution >= 0.6 is 0 Å². The van der Waals surface area contributed by atoms with Gasteiger partial charge in [-0.05, 0) is 50.1 Å². The number of furan rings is 1. The summed E-state index contributed by atoms with van der Waals surface area (Å²) in [5.41, 5.74) is 0. The molecule has 0 amide bonds. The van der Waals surface area contributed by atoms with E-state index in [1.807, 2.05) is 0 Å². The Balaban J connectivity index is 1.48. The van der Waals surface area contributed by atoms with Gasteiger partial charge in [0.1, 0.15) is 18.5 Å². The van der Waals surface area contributed by atoms with Crippen molar-refractivity contribution in [3.8, 4) is 5.75 Å². The van der Waals surface area contributed by atoms with Gasteiger partial charge in [0.15, 0.2) is 11.6 Å². The number of hydrogen-bond donors (Lipinski definition) is 1. The highest BCUT2D eigenvalue weighted by Gasteiger charge is 2.27. The van der Waals surface area contributed by atoms with Gasteiger partial charge in [0.25, 0.3) is 0 Å². The summed E-state index contributed by atoms with van der Waals surface area (Å²) < 4.78 is 24.3. The standard InChI is InChI=1S/C18H22FNO3/c19-15-6-1-2-7-17(15)23-12-10-20-9-3-5-14(20)13-16(21)18-8-4-11-22-18/h1-2,4,6-8,11,14,16,21H,3,5,9-10,12-13H2. The average molecular weight is 319 g/mol. The van der Waals surface area contributed by atoms with Crippen LogP contribution in [-0.4, -0.2) is 35.7 Å². The van der Waals surface area contributed by atoms with Gasteiger partial charge in [-0.3, -0.25) is 4.90 Å². The molecule has 2 aromatic rings. The van der Waals surface area contributed by atoms with Crippen LogP contribution in [-0.2, 0) is 0 Å². The van der Waals surface area contributed by atoms with Crippen molar-refractivity contribution in [2.45, 2.75) is 31.4 Å². The molecule has 1 saturated heterocycles. The number of aliphatic hydroxyl groups excluding tert-OH is 1. The third kappa shape index (κ3) is 4.12. The molecule has 0 radical (unpaired) electrons. The van der Waals surface area contributed by atoms with Crippen LogP contribution in [0.3, 0.4) is 0 Å². The van der Waals surface area contributed by atoms with Crippen LogP contribution in [0.1, 0.15) is 31.1 Å². The summed E-state index contributed by atoms with van der Waals surface area (Å²) in [5, 5.41) is 10.2. The number of benzene rings is 1. The Kier molecular flexibility index (Phi) is 5.31. The summed E-state index contributed by atoms with van der Waals surface area (Å²) >= 11 is 0. The molecule has 124 valence electrons. The maximum absolute atomic E-state index is 13.5. The second-order valence-corrected chi connectivity index (χ2v) is 5.88. The predicted octanol–water partition coefficient (Wildman–Crippen LogP) is 3.39. The SMILES string of the molecule is OC(CC1CCCN1CCOc1ccccc1F)c1ccco1. The minimum Gasteiger partial charge on any atom is -0.489 e. The van der Waals surface area contributed by atoms with Gasteiger partial charge in [-0.25, -0.2) is 4.39 Å². The second kappa shape index (κ2) is 7.62. The Morgan fingerprint density at radius 1 is 1.30 bits per heavy atom. The first kappa shape index (κ1) is 16.0. The first-order valence-corrected chi connectivity index (χ1v) is 8.07. The molecule has 1 fully saturated rings. The highest BCUT2D eigenvalue weighted by Crippen LogP contribution is 2.27. The zero-order valence-corrected chi connectivity index (χ0v) is 13.0. The number of rotatable bonds is 7. The minimum absolute atomic E-state index is 0.291. The molecule has 2 unspecified atom stereocenters. The molecular weight excluding hydrogens is 297 g/mol. The fourth-order valence-electron chi connectivity index (χ4n) is 3.15. The summed E-state index contributed by atoms with van der Waals surface area (Å²) in [6, 6.07) is 10.3. The summed E-state index contributed by atoms with van der Waals surface area (Å²) in [4.78, 5) is 2.30. The Morgan fingerprint density at radius 2 is 2.17 bits per heavy atom. The predicted molar refractivity (Wildman–Crippen MR) is 84.8 cm³/mol. The number of hydrogen-bond acceptors (Lipinski definition) is 4. The van der Waals surface area contributed by atoms with Gasteiger partial charge in [-0.2, -0.15) is 0 Å². The Morgan fingerprint density at radius 3 is 2.96 bits per heavy atom. The maximum atomic E-state index is 13.5. The smallest absolute Gasteiger partial charge is 0.165 e. The lowest BCUT2D eigenvalue weighted by Gasteiger charge is -2.25. The third-order valence-electron chi connectivity index (χ3n) is 4.34. The Hall–Kier alpha value is -1.85. The van der Waals surface area contributed by atoms with E-state index in [-0.39, 0.29) is 5.82 Å². The van der Waals surface area contributed by atoms with Crippen molar-refractivity contribution in [2.24, 2.45) is 0 Å². The monoisotopic (exact) mass is 319 g/mol. The Bertz CT molecular complexity index is 602. The molecule has 3 rings (SSSR count). The van der Waals surface area contributed by atoms with Gasteiger partial charge in [0, 0.05) is 12.6 Å². The van der Waals surface area contributed by atoms with Gasteiger partial charge in [0.05, 0.1) is 6.26 Å². The molecule has 5 heteroatoms. The molecule has 0 saturated carbocycles. The third-order valence-corrected chi connectivity index (χ3v) is 4.34. The second-order valence-electron chi connectivity index (χ2n) is 5.88. The lowest BCUT2D eigenvalue weighted by Crippen LogP contribution is -2.34. The quantitative estimate of drug-likeness (QED) is 0.850. The van der Waals surface area contributed by atoms with Crippen molar-refractivity contribution in [1.82, 2.24) is 4.90 Å². The van der Waals surface area contributed by atoms with E-state index in [1.54, 1.807) is 36.6 Å². The molecular formula is C18H22FNO3. The Labute approximate surface area is 135 Å². The van der Waals surface area contributed by atoms with Crippen LogP contribution in [0.4, 0.5) is 4.39 Å². The van der Waals surface area contributed by atoms with Crippen molar-refractivity contribution in [3.05, 3.63) is 54.2 Å². The molecule has 1 aliphatic rings. The lowest BCUT2D eigenvalue weighted by atomic mass is 10.1. The topological polar surface area (TPSA) is 45.8 Å². The summed E-state index contributed by atoms with van der Waals surface area (Å²) in [7, 11) is 0. The lowest BCUT2D eigenvalue weighted by molar-refractivity contribution is 0.0958. The van der Waals surface area contributed by atoms with Crippen LogP contribution in [0.5, 0.6) is 5.75 Å². The van der Waals surface area contributed by atoms with Crippen LogP contribution in [0.15, 0.2) is 47.1 Å². The average Bonchev–Trinajstić information content (AvgIpc) is 3.21.